The van der Waals surface area contributed by atoms with Crippen molar-refractivity contribution in [1.29, 1.82) is 0 Å². The van der Waals surface area contributed by atoms with Crippen LogP contribution in [0.15, 0.2) is 34.8 Å². The maximum absolute atomic E-state index is 9.16. The number of hydrogen-bond acceptors (Lipinski definition) is 2. The van der Waals surface area contributed by atoms with Crippen molar-refractivity contribution < 1.29 is 9.84 Å². The highest BCUT2D eigenvalue weighted by molar-refractivity contribution is 9.10. The first-order chi connectivity index (χ1) is 9.01. The third-order valence-corrected chi connectivity index (χ3v) is 4.38. The fourth-order valence-corrected chi connectivity index (χ4v) is 2.24. The molecule has 0 spiro atoms. The second-order valence-electron chi connectivity index (χ2n) is 4.72. The number of aliphatic hydroxyl groups is 1. The highest BCUT2D eigenvalue weighted by atomic mass is 79.9. The molecule has 3 heteroatoms. The lowest BCUT2D eigenvalue weighted by atomic mass is 10.1. The predicted octanol–water partition coefficient (Wildman–Crippen LogP) is 4.66. The first-order valence-corrected chi connectivity index (χ1v) is 6.95. The van der Waals surface area contributed by atoms with Gasteiger partial charge in [-0.1, -0.05) is 22.0 Å². The van der Waals surface area contributed by atoms with Crippen molar-refractivity contribution in [2.24, 2.45) is 0 Å². The van der Waals surface area contributed by atoms with E-state index in [0.29, 0.717) is 0 Å². The summed E-state index contributed by atoms with van der Waals surface area (Å²) in [4.78, 5) is 0. The molecule has 0 saturated carbocycles. The van der Waals surface area contributed by atoms with E-state index in [1.165, 1.54) is 0 Å². The lowest BCUT2D eigenvalue weighted by molar-refractivity contribution is 0.281. The number of benzene rings is 2. The maximum Gasteiger partial charge on any atom is 0.128 e. The molecule has 0 aliphatic rings. The van der Waals surface area contributed by atoms with Gasteiger partial charge in [0.25, 0.3) is 0 Å². The molecule has 2 aromatic carbocycles. The Morgan fingerprint density at radius 1 is 0.947 bits per heavy atom. The summed E-state index contributed by atoms with van der Waals surface area (Å²) in [5, 5.41) is 9.16. The minimum absolute atomic E-state index is 0.0581. The quantitative estimate of drug-likeness (QED) is 0.891. The molecule has 0 bridgehead atoms. The van der Waals surface area contributed by atoms with Crippen molar-refractivity contribution >= 4 is 15.9 Å². The molecule has 0 atom stereocenters. The average Bonchev–Trinajstić information content (AvgIpc) is 2.36. The van der Waals surface area contributed by atoms with Crippen molar-refractivity contribution in [3.05, 3.63) is 57.1 Å². The van der Waals surface area contributed by atoms with E-state index in [2.05, 4.69) is 15.9 Å². The standard InChI is InChI=1S/C16H17BrO2/c1-10-6-14(5-4-13(10)9-18)19-15-7-11(2)16(17)12(3)8-15/h4-8,18H,9H2,1-3H3. The zero-order valence-electron chi connectivity index (χ0n) is 11.3. The van der Waals surface area contributed by atoms with Gasteiger partial charge in [-0.3, -0.25) is 0 Å². The van der Waals surface area contributed by atoms with E-state index in [9.17, 15) is 0 Å². The highest BCUT2D eigenvalue weighted by Crippen LogP contribution is 2.30. The summed E-state index contributed by atoms with van der Waals surface area (Å²) in [5.41, 5.74) is 4.26. The van der Waals surface area contributed by atoms with Crippen molar-refractivity contribution in [2.75, 3.05) is 0 Å². The van der Waals surface area contributed by atoms with Gasteiger partial charge < -0.3 is 9.84 Å². The lowest BCUT2D eigenvalue weighted by Gasteiger charge is -2.11. The van der Waals surface area contributed by atoms with Gasteiger partial charge >= 0.3 is 0 Å². The van der Waals surface area contributed by atoms with E-state index < -0.39 is 0 Å². The van der Waals surface area contributed by atoms with Crippen molar-refractivity contribution in [2.45, 2.75) is 27.4 Å². The Kier molecular flexibility index (Phi) is 4.27. The average molecular weight is 321 g/mol. The summed E-state index contributed by atoms with van der Waals surface area (Å²) in [6.45, 7) is 6.12. The van der Waals surface area contributed by atoms with Crippen LogP contribution in [0.4, 0.5) is 0 Å². The molecule has 0 heterocycles. The normalized spacial score (nSPS) is 10.6. The van der Waals surface area contributed by atoms with Crippen LogP contribution in [0.1, 0.15) is 22.3 Å². The van der Waals surface area contributed by atoms with Gasteiger partial charge in [0.05, 0.1) is 6.61 Å². The molecule has 2 rings (SSSR count). The lowest BCUT2D eigenvalue weighted by Crippen LogP contribution is -1.92. The number of aliphatic hydroxyl groups excluding tert-OH is 1. The van der Waals surface area contributed by atoms with Gasteiger partial charge in [-0.2, -0.15) is 0 Å². The summed E-state index contributed by atoms with van der Waals surface area (Å²) in [6, 6.07) is 9.73. The first kappa shape index (κ1) is 14.1. The molecule has 2 nitrogen and oxygen atoms in total. The molecule has 0 radical (unpaired) electrons. The van der Waals surface area contributed by atoms with Gasteiger partial charge in [0.1, 0.15) is 11.5 Å². The Morgan fingerprint density at radius 3 is 2.05 bits per heavy atom. The second kappa shape index (κ2) is 5.76. The molecule has 1 N–H and O–H groups in total. The number of hydrogen-bond donors (Lipinski definition) is 1. The molecule has 0 fully saturated rings. The van der Waals surface area contributed by atoms with Gasteiger partial charge in [0.15, 0.2) is 0 Å². The molecular formula is C16H17BrO2. The minimum atomic E-state index is 0.0581. The fourth-order valence-electron chi connectivity index (χ4n) is 2.01. The van der Waals surface area contributed by atoms with Gasteiger partial charge in [-0.05, 0) is 67.3 Å². The van der Waals surface area contributed by atoms with Crippen molar-refractivity contribution in [1.82, 2.24) is 0 Å². The van der Waals surface area contributed by atoms with Crippen LogP contribution < -0.4 is 4.74 Å². The largest absolute Gasteiger partial charge is 0.457 e. The third kappa shape index (κ3) is 3.17. The number of halogens is 1. The van der Waals surface area contributed by atoms with Crippen LogP contribution in [0.2, 0.25) is 0 Å². The van der Waals surface area contributed by atoms with Crippen LogP contribution in [-0.2, 0) is 6.61 Å². The molecule has 0 unspecified atom stereocenters. The summed E-state index contributed by atoms with van der Waals surface area (Å²) >= 11 is 3.55. The van der Waals surface area contributed by atoms with Gasteiger partial charge in [-0.15, -0.1) is 0 Å². The van der Waals surface area contributed by atoms with Crippen LogP contribution in [0.3, 0.4) is 0 Å². The first-order valence-electron chi connectivity index (χ1n) is 6.16. The number of ether oxygens (including phenoxy) is 1. The maximum atomic E-state index is 9.16. The molecule has 0 aliphatic heterocycles. The molecule has 0 saturated heterocycles. The second-order valence-corrected chi connectivity index (χ2v) is 5.51. The topological polar surface area (TPSA) is 29.5 Å². The third-order valence-electron chi connectivity index (χ3n) is 3.13. The van der Waals surface area contributed by atoms with E-state index in [1.54, 1.807) is 0 Å². The fraction of sp³-hybridized carbons (Fsp3) is 0.250. The van der Waals surface area contributed by atoms with E-state index in [4.69, 9.17) is 9.84 Å². The predicted molar refractivity (Wildman–Crippen MR) is 80.8 cm³/mol. The minimum Gasteiger partial charge on any atom is -0.457 e. The van der Waals surface area contributed by atoms with E-state index >= 15 is 0 Å². The monoisotopic (exact) mass is 320 g/mol. The summed E-state index contributed by atoms with van der Waals surface area (Å²) in [7, 11) is 0. The SMILES string of the molecule is Cc1cc(Oc2cc(C)c(Br)c(C)c2)ccc1CO. The summed E-state index contributed by atoms with van der Waals surface area (Å²) < 4.78 is 6.99. The molecule has 2 aromatic rings. The van der Waals surface area contributed by atoms with Crippen LogP contribution in [-0.4, -0.2) is 5.11 Å². The Morgan fingerprint density at radius 2 is 1.53 bits per heavy atom. The Labute approximate surface area is 122 Å². The van der Waals surface area contributed by atoms with Crippen LogP contribution in [0.5, 0.6) is 11.5 Å². The highest BCUT2D eigenvalue weighted by Gasteiger charge is 2.05. The molecule has 0 aromatic heterocycles. The van der Waals surface area contributed by atoms with Crippen LogP contribution in [0.25, 0.3) is 0 Å². The van der Waals surface area contributed by atoms with Gasteiger partial charge in [0.2, 0.25) is 0 Å². The summed E-state index contributed by atoms with van der Waals surface area (Å²) in [5.74, 6) is 1.62. The van der Waals surface area contributed by atoms with Crippen LogP contribution in [0, 0.1) is 20.8 Å². The molecule has 19 heavy (non-hydrogen) atoms. The molecule has 100 valence electrons. The zero-order valence-corrected chi connectivity index (χ0v) is 12.9. The molecule has 0 aliphatic carbocycles. The molecular weight excluding hydrogens is 304 g/mol. The Bertz CT molecular complexity index is 583. The summed E-state index contributed by atoms with van der Waals surface area (Å²) in [6.07, 6.45) is 0. The van der Waals surface area contributed by atoms with Crippen molar-refractivity contribution in [3.63, 3.8) is 0 Å². The van der Waals surface area contributed by atoms with Gasteiger partial charge in [-0.25, -0.2) is 0 Å². The van der Waals surface area contributed by atoms with Gasteiger partial charge in [0, 0.05) is 4.47 Å². The van der Waals surface area contributed by atoms with E-state index in [-0.39, 0.29) is 6.61 Å². The number of aryl methyl sites for hydroxylation is 3. The van der Waals surface area contributed by atoms with E-state index in [0.717, 1.165) is 38.2 Å². The molecule has 0 amide bonds. The Hall–Kier alpha value is -1.32. The number of rotatable bonds is 3. The van der Waals surface area contributed by atoms with Crippen LogP contribution >= 0.6 is 15.9 Å². The Balaban J connectivity index is 2.29. The van der Waals surface area contributed by atoms with Crippen molar-refractivity contribution in [3.8, 4) is 11.5 Å². The zero-order chi connectivity index (χ0) is 14.0. The smallest absolute Gasteiger partial charge is 0.128 e. The van der Waals surface area contributed by atoms with E-state index in [1.807, 2.05) is 51.1 Å².